The van der Waals surface area contributed by atoms with Crippen molar-refractivity contribution in [2.75, 3.05) is 11.4 Å². The number of carbonyl (C=O) groups excluding carboxylic acids is 1. The Bertz CT molecular complexity index is 1290. The number of hydrogen-bond acceptors (Lipinski definition) is 6. The standard InChI is InChI=1S/C19H14N4O2S2/c1-2-9-22-12-7-4-3-6-11(12)14(17(22)24)15-18(25)23-19(27-15)20-16(21-23)13-8-5-10-26-13/h3-8,10H,2,9H2,1H3/b15-14-. The largest absolute Gasteiger partial charge is 0.308 e. The molecule has 1 aromatic carbocycles. The van der Waals surface area contributed by atoms with Gasteiger partial charge >= 0.3 is 0 Å². The summed E-state index contributed by atoms with van der Waals surface area (Å²) < 4.78 is 1.71. The zero-order chi connectivity index (χ0) is 18.5. The molecule has 0 spiro atoms. The summed E-state index contributed by atoms with van der Waals surface area (Å²) >= 11 is 2.75. The highest BCUT2D eigenvalue weighted by Gasteiger charge is 2.33. The molecule has 0 radical (unpaired) electrons. The highest BCUT2D eigenvalue weighted by molar-refractivity contribution is 7.15. The van der Waals surface area contributed by atoms with Crippen LogP contribution in [0, 0.1) is 0 Å². The molecule has 0 saturated heterocycles. The van der Waals surface area contributed by atoms with E-state index in [1.807, 2.05) is 48.7 Å². The Morgan fingerprint density at radius 2 is 1.96 bits per heavy atom. The van der Waals surface area contributed by atoms with Gasteiger partial charge in [0.15, 0.2) is 5.82 Å². The Morgan fingerprint density at radius 1 is 1.11 bits per heavy atom. The predicted octanol–water partition coefficient (Wildman–Crippen LogP) is 2.55. The predicted molar refractivity (Wildman–Crippen MR) is 107 cm³/mol. The molecule has 6 nitrogen and oxygen atoms in total. The molecule has 0 N–H and O–H groups in total. The Morgan fingerprint density at radius 3 is 2.70 bits per heavy atom. The van der Waals surface area contributed by atoms with Crippen LogP contribution in [0.15, 0.2) is 46.6 Å². The second kappa shape index (κ2) is 6.11. The first-order valence-corrected chi connectivity index (χ1v) is 10.3. The van der Waals surface area contributed by atoms with E-state index in [2.05, 4.69) is 10.1 Å². The minimum absolute atomic E-state index is 0.127. The van der Waals surface area contributed by atoms with Gasteiger partial charge in [0.25, 0.3) is 11.5 Å². The summed E-state index contributed by atoms with van der Waals surface area (Å²) in [4.78, 5) is 33.7. The van der Waals surface area contributed by atoms with Crippen molar-refractivity contribution in [1.29, 1.82) is 0 Å². The zero-order valence-corrected chi connectivity index (χ0v) is 16.0. The van der Waals surface area contributed by atoms with Crippen LogP contribution in [0.25, 0.3) is 21.2 Å². The summed E-state index contributed by atoms with van der Waals surface area (Å²) in [6.45, 7) is 2.65. The van der Waals surface area contributed by atoms with E-state index < -0.39 is 0 Å². The molecule has 4 heterocycles. The molecule has 0 bridgehead atoms. The number of fused-ring (bicyclic) bond motifs is 2. The van der Waals surface area contributed by atoms with Gasteiger partial charge in [-0.05, 0) is 23.9 Å². The van der Waals surface area contributed by atoms with E-state index in [0.717, 1.165) is 22.5 Å². The SMILES string of the molecule is CCCN1C(=O)/C(=c2\sc3nc(-c4cccs4)nn3c2=O)c2ccccc21. The number of rotatable bonds is 3. The van der Waals surface area contributed by atoms with Crippen molar-refractivity contribution in [1.82, 2.24) is 14.6 Å². The molecule has 27 heavy (non-hydrogen) atoms. The zero-order valence-electron chi connectivity index (χ0n) is 14.4. The minimum atomic E-state index is -0.290. The molecule has 4 aromatic rings. The van der Waals surface area contributed by atoms with Crippen molar-refractivity contribution < 1.29 is 4.79 Å². The van der Waals surface area contributed by atoms with Crippen LogP contribution in [0.1, 0.15) is 18.9 Å². The van der Waals surface area contributed by atoms with Crippen molar-refractivity contribution in [3.63, 3.8) is 0 Å². The monoisotopic (exact) mass is 394 g/mol. The van der Waals surface area contributed by atoms with Crippen molar-refractivity contribution in [2.24, 2.45) is 0 Å². The van der Waals surface area contributed by atoms with Crippen molar-refractivity contribution >= 4 is 44.8 Å². The maximum Gasteiger partial charge on any atom is 0.291 e. The van der Waals surface area contributed by atoms with Gasteiger partial charge in [0.05, 0.1) is 16.1 Å². The second-order valence-electron chi connectivity index (χ2n) is 6.19. The number of benzene rings is 1. The highest BCUT2D eigenvalue weighted by Crippen LogP contribution is 2.35. The first-order chi connectivity index (χ1) is 13.2. The van der Waals surface area contributed by atoms with E-state index in [1.165, 1.54) is 27.2 Å². The van der Waals surface area contributed by atoms with Gasteiger partial charge in [-0.3, -0.25) is 9.59 Å². The van der Waals surface area contributed by atoms with Gasteiger partial charge in [-0.25, -0.2) is 0 Å². The fourth-order valence-electron chi connectivity index (χ4n) is 3.34. The number of carbonyl (C=O) groups is 1. The number of anilines is 1. The van der Waals surface area contributed by atoms with Gasteiger partial charge < -0.3 is 4.90 Å². The van der Waals surface area contributed by atoms with E-state index in [-0.39, 0.29) is 11.5 Å². The lowest BCUT2D eigenvalue weighted by Gasteiger charge is -2.15. The summed E-state index contributed by atoms with van der Waals surface area (Å²) in [7, 11) is 0. The Hall–Kier alpha value is -2.84. The van der Waals surface area contributed by atoms with Gasteiger partial charge in [0.1, 0.15) is 4.53 Å². The molecule has 0 atom stereocenters. The first kappa shape index (κ1) is 16.3. The summed E-state index contributed by atoms with van der Waals surface area (Å²) in [5.41, 5.74) is 1.83. The van der Waals surface area contributed by atoms with E-state index in [1.54, 1.807) is 4.90 Å². The number of amides is 1. The van der Waals surface area contributed by atoms with Gasteiger partial charge in [-0.2, -0.15) is 9.50 Å². The van der Waals surface area contributed by atoms with Crippen LogP contribution in [0.4, 0.5) is 5.69 Å². The maximum absolute atomic E-state index is 13.1. The van der Waals surface area contributed by atoms with Crippen molar-refractivity contribution in [2.45, 2.75) is 13.3 Å². The molecule has 0 aliphatic carbocycles. The Labute approximate surface area is 162 Å². The van der Waals surface area contributed by atoms with E-state index >= 15 is 0 Å². The van der Waals surface area contributed by atoms with Crippen LogP contribution in [0.3, 0.4) is 0 Å². The number of aromatic nitrogens is 3. The van der Waals surface area contributed by atoms with Gasteiger partial charge in [0.2, 0.25) is 4.96 Å². The van der Waals surface area contributed by atoms with Crippen LogP contribution in [0.5, 0.6) is 0 Å². The third-order valence-corrected chi connectivity index (χ3v) is 6.39. The maximum atomic E-state index is 13.1. The smallest absolute Gasteiger partial charge is 0.291 e. The summed E-state index contributed by atoms with van der Waals surface area (Å²) in [6, 6.07) is 11.5. The molecule has 134 valence electrons. The van der Waals surface area contributed by atoms with E-state index in [4.69, 9.17) is 0 Å². The van der Waals surface area contributed by atoms with Crippen molar-refractivity contribution in [3.8, 4) is 10.7 Å². The molecule has 0 unspecified atom stereocenters. The number of thiazole rings is 1. The normalized spacial score (nSPS) is 15.7. The lowest BCUT2D eigenvalue weighted by atomic mass is 10.1. The summed E-state index contributed by atoms with van der Waals surface area (Å²) in [5.74, 6) is 0.411. The van der Waals surface area contributed by atoms with Gasteiger partial charge in [-0.1, -0.05) is 42.5 Å². The minimum Gasteiger partial charge on any atom is -0.308 e. The van der Waals surface area contributed by atoms with E-state index in [0.29, 0.717) is 27.4 Å². The number of para-hydroxylation sites is 1. The molecule has 8 heteroatoms. The van der Waals surface area contributed by atoms with Crippen LogP contribution >= 0.6 is 22.7 Å². The van der Waals surface area contributed by atoms with Gasteiger partial charge in [-0.15, -0.1) is 16.4 Å². The van der Waals surface area contributed by atoms with Crippen LogP contribution in [-0.4, -0.2) is 27.0 Å². The number of hydrogen-bond donors (Lipinski definition) is 0. The molecule has 1 aliphatic rings. The molecule has 1 amide bonds. The second-order valence-corrected chi connectivity index (χ2v) is 8.12. The molecule has 3 aromatic heterocycles. The van der Waals surface area contributed by atoms with Crippen molar-refractivity contribution in [3.05, 3.63) is 62.2 Å². The number of thiophene rings is 1. The third-order valence-electron chi connectivity index (χ3n) is 4.50. The molecule has 0 fully saturated rings. The molecule has 1 aliphatic heterocycles. The fraction of sp³-hybridized carbons (Fsp3) is 0.158. The molecule has 5 rings (SSSR count). The van der Waals surface area contributed by atoms with Crippen LogP contribution in [0.2, 0.25) is 0 Å². The van der Waals surface area contributed by atoms with Gasteiger partial charge in [0, 0.05) is 12.1 Å². The lowest BCUT2D eigenvalue weighted by molar-refractivity contribution is -0.113. The van der Waals surface area contributed by atoms with Crippen LogP contribution in [-0.2, 0) is 4.79 Å². The Kier molecular flexibility index (Phi) is 3.70. The van der Waals surface area contributed by atoms with E-state index in [9.17, 15) is 9.59 Å². The van der Waals surface area contributed by atoms with Crippen LogP contribution < -0.4 is 15.0 Å². The molecular formula is C19H14N4O2S2. The molecule has 0 saturated carbocycles. The molecular weight excluding hydrogens is 380 g/mol. The third kappa shape index (κ3) is 2.37. The lowest BCUT2D eigenvalue weighted by Crippen LogP contribution is -2.32. The number of nitrogens with zero attached hydrogens (tertiary/aromatic N) is 4. The summed E-state index contributed by atoms with van der Waals surface area (Å²) in [6.07, 6.45) is 0.844. The Balaban J connectivity index is 1.76. The first-order valence-electron chi connectivity index (χ1n) is 8.58. The average molecular weight is 394 g/mol. The fourth-order valence-corrected chi connectivity index (χ4v) is 4.99. The average Bonchev–Trinajstić information content (AvgIpc) is 3.42. The quantitative estimate of drug-likeness (QED) is 0.536. The highest BCUT2D eigenvalue weighted by atomic mass is 32.1. The topological polar surface area (TPSA) is 67.6 Å². The summed E-state index contributed by atoms with van der Waals surface area (Å²) in [5, 5.41) is 6.30.